The zero-order valence-electron chi connectivity index (χ0n) is 24.2. The standard InChI is InChI=1S/C26H44N6O7/c1-13(2)10-28-23(36)16(7)30-25(38)22(15(5)6)31-24(37)17(8)29-19(33)11-27-20(34)12-32-21(35)9-18(14(3)4)26(32)39/h13-18,22H,9-12H2,1-8H3,(H,27,34)(H,28,36)(H,29,33)(H,30,38)(H,31,37)/t16-,17-,18?,22-/m0/s1. The third-order valence-electron chi connectivity index (χ3n) is 6.29. The SMILES string of the molecule is CC(C)CNC(=O)[C@H](C)NC(=O)[C@@H](NC(=O)[C@H](C)NC(=O)CNC(=O)CN1C(=O)CC(C(C)C)C1=O)C(C)C. The second kappa shape index (κ2) is 15.2. The molecule has 13 nitrogen and oxygen atoms in total. The Kier molecular flexibility index (Phi) is 13.0. The summed E-state index contributed by atoms with van der Waals surface area (Å²) in [6.45, 7) is 13.5. The number of hydrogen-bond donors (Lipinski definition) is 5. The van der Waals surface area contributed by atoms with Crippen molar-refractivity contribution in [3.8, 4) is 0 Å². The van der Waals surface area contributed by atoms with Gasteiger partial charge in [-0.1, -0.05) is 41.5 Å². The van der Waals surface area contributed by atoms with Gasteiger partial charge in [0.1, 0.15) is 24.7 Å². The van der Waals surface area contributed by atoms with E-state index in [2.05, 4.69) is 26.6 Å². The molecule has 0 aromatic rings. The third kappa shape index (κ3) is 10.6. The lowest BCUT2D eigenvalue weighted by Gasteiger charge is -2.25. The number of nitrogens with one attached hydrogen (secondary N) is 5. The summed E-state index contributed by atoms with van der Waals surface area (Å²) in [6.07, 6.45) is 0.0521. The van der Waals surface area contributed by atoms with Gasteiger partial charge < -0.3 is 26.6 Å². The largest absolute Gasteiger partial charge is 0.354 e. The Balaban J connectivity index is 2.56. The number of nitrogens with zero attached hydrogens (tertiary/aromatic N) is 1. The summed E-state index contributed by atoms with van der Waals surface area (Å²) < 4.78 is 0. The summed E-state index contributed by atoms with van der Waals surface area (Å²) in [6, 6.07) is -2.80. The van der Waals surface area contributed by atoms with Crippen molar-refractivity contribution in [2.45, 2.75) is 79.9 Å². The van der Waals surface area contributed by atoms with Crippen molar-refractivity contribution in [1.29, 1.82) is 0 Å². The molecule has 1 rings (SSSR count). The minimum Gasteiger partial charge on any atom is -0.354 e. The van der Waals surface area contributed by atoms with Crippen LogP contribution in [0.4, 0.5) is 0 Å². The number of carbonyl (C=O) groups is 7. The van der Waals surface area contributed by atoms with Crippen LogP contribution < -0.4 is 26.6 Å². The van der Waals surface area contributed by atoms with Crippen molar-refractivity contribution < 1.29 is 33.6 Å². The van der Waals surface area contributed by atoms with Crippen LogP contribution in [-0.2, 0) is 33.6 Å². The average Bonchev–Trinajstić information content (AvgIpc) is 3.12. The molecule has 1 aliphatic rings. The lowest BCUT2D eigenvalue weighted by molar-refractivity contribution is -0.143. The van der Waals surface area contributed by atoms with E-state index in [4.69, 9.17) is 0 Å². The van der Waals surface area contributed by atoms with Gasteiger partial charge in [0, 0.05) is 18.9 Å². The molecule has 7 amide bonds. The topological polar surface area (TPSA) is 183 Å². The number of carbonyl (C=O) groups excluding carboxylic acids is 7. The first-order chi connectivity index (χ1) is 18.0. The second-order valence-electron chi connectivity index (χ2n) is 11.0. The fraction of sp³-hybridized carbons (Fsp3) is 0.731. The first-order valence-electron chi connectivity index (χ1n) is 13.3. The molecule has 1 aliphatic heterocycles. The highest BCUT2D eigenvalue weighted by Gasteiger charge is 2.40. The monoisotopic (exact) mass is 552 g/mol. The van der Waals surface area contributed by atoms with Crippen LogP contribution in [0.2, 0.25) is 0 Å². The Morgan fingerprint density at radius 3 is 1.87 bits per heavy atom. The van der Waals surface area contributed by atoms with Crippen molar-refractivity contribution in [3.05, 3.63) is 0 Å². The van der Waals surface area contributed by atoms with Crippen LogP contribution in [0.3, 0.4) is 0 Å². The summed E-state index contributed by atoms with van der Waals surface area (Å²) >= 11 is 0. The van der Waals surface area contributed by atoms with Crippen LogP contribution in [0.25, 0.3) is 0 Å². The summed E-state index contributed by atoms with van der Waals surface area (Å²) in [5, 5.41) is 12.7. The van der Waals surface area contributed by atoms with Crippen molar-refractivity contribution >= 4 is 41.4 Å². The number of hydrogen-bond acceptors (Lipinski definition) is 7. The van der Waals surface area contributed by atoms with E-state index < -0.39 is 72.6 Å². The second-order valence-corrected chi connectivity index (χ2v) is 11.0. The molecular weight excluding hydrogens is 508 g/mol. The molecule has 0 saturated carbocycles. The molecule has 0 aliphatic carbocycles. The van der Waals surface area contributed by atoms with E-state index in [1.165, 1.54) is 6.92 Å². The molecule has 5 N–H and O–H groups in total. The Bertz CT molecular complexity index is 949. The fourth-order valence-electron chi connectivity index (χ4n) is 3.77. The number of rotatable bonds is 14. The maximum Gasteiger partial charge on any atom is 0.243 e. The fourth-order valence-corrected chi connectivity index (χ4v) is 3.77. The van der Waals surface area contributed by atoms with E-state index in [9.17, 15) is 33.6 Å². The first-order valence-corrected chi connectivity index (χ1v) is 13.3. The molecule has 1 saturated heterocycles. The molecule has 13 heteroatoms. The van der Waals surface area contributed by atoms with Crippen LogP contribution in [0.15, 0.2) is 0 Å². The van der Waals surface area contributed by atoms with Gasteiger partial charge in [0.25, 0.3) is 0 Å². The highest BCUT2D eigenvalue weighted by molar-refractivity contribution is 6.06. The van der Waals surface area contributed by atoms with Gasteiger partial charge in [-0.3, -0.25) is 38.5 Å². The van der Waals surface area contributed by atoms with E-state index in [1.807, 2.05) is 27.7 Å². The molecule has 0 bridgehead atoms. The maximum atomic E-state index is 12.7. The summed E-state index contributed by atoms with van der Waals surface area (Å²) in [5.41, 5.74) is 0. The van der Waals surface area contributed by atoms with Crippen molar-refractivity contribution in [3.63, 3.8) is 0 Å². The predicted octanol–water partition coefficient (Wildman–Crippen LogP) is -0.944. The molecule has 0 aromatic carbocycles. The average molecular weight is 553 g/mol. The molecule has 1 unspecified atom stereocenters. The Morgan fingerprint density at radius 1 is 0.769 bits per heavy atom. The van der Waals surface area contributed by atoms with E-state index in [1.54, 1.807) is 20.8 Å². The quantitative estimate of drug-likeness (QED) is 0.172. The van der Waals surface area contributed by atoms with Crippen molar-refractivity contribution in [2.24, 2.45) is 23.7 Å². The Hall–Kier alpha value is -3.51. The van der Waals surface area contributed by atoms with Crippen LogP contribution in [0, 0.1) is 23.7 Å². The minimum absolute atomic E-state index is 0.0353. The van der Waals surface area contributed by atoms with Gasteiger partial charge in [-0.25, -0.2) is 0 Å². The molecule has 1 fully saturated rings. The smallest absolute Gasteiger partial charge is 0.243 e. The zero-order valence-corrected chi connectivity index (χ0v) is 24.2. The zero-order chi connectivity index (χ0) is 30.0. The number of likely N-dealkylation sites (tertiary alicyclic amines) is 1. The van der Waals surface area contributed by atoms with Crippen LogP contribution in [0.1, 0.15) is 61.8 Å². The third-order valence-corrected chi connectivity index (χ3v) is 6.29. The minimum atomic E-state index is -1.04. The molecule has 39 heavy (non-hydrogen) atoms. The molecule has 0 spiro atoms. The van der Waals surface area contributed by atoms with E-state index in [0.29, 0.717) is 6.54 Å². The lowest BCUT2D eigenvalue weighted by Crippen LogP contribution is -2.57. The van der Waals surface area contributed by atoms with Crippen LogP contribution in [0.5, 0.6) is 0 Å². The normalized spacial score (nSPS) is 17.6. The number of amides is 7. The van der Waals surface area contributed by atoms with Gasteiger partial charge in [0.05, 0.1) is 6.54 Å². The Morgan fingerprint density at radius 2 is 1.36 bits per heavy atom. The molecule has 1 heterocycles. The summed E-state index contributed by atoms with van der Waals surface area (Å²) in [4.78, 5) is 87.4. The molecule has 0 radical (unpaired) electrons. The van der Waals surface area contributed by atoms with Crippen LogP contribution >= 0.6 is 0 Å². The summed E-state index contributed by atoms with van der Waals surface area (Å²) in [5.74, 6) is -4.27. The van der Waals surface area contributed by atoms with Gasteiger partial charge in [-0.15, -0.1) is 0 Å². The van der Waals surface area contributed by atoms with E-state index >= 15 is 0 Å². The molecule has 0 aromatic heterocycles. The maximum absolute atomic E-state index is 12.7. The van der Waals surface area contributed by atoms with Crippen molar-refractivity contribution in [2.75, 3.05) is 19.6 Å². The van der Waals surface area contributed by atoms with Crippen molar-refractivity contribution in [1.82, 2.24) is 31.5 Å². The van der Waals surface area contributed by atoms with E-state index in [0.717, 1.165) is 4.90 Å². The molecular formula is C26H44N6O7. The highest BCUT2D eigenvalue weighted by atomic mass is 16.2. The van der Waals surface area contributed by atoms with Gasteiger partial charge in [-0.05, 0) is 31.6 Å². The Labute approximate surface area is 229 Å². The lowest BCUT2D eigenvalue weighted by atomic mass is 9.94. The van der Waals surface area contributed by atoms with Gasteiger partial charge in [0.2, 0.25) is 41.4 Å². The predicted molar refractivity (Wildman–Crippen MR) is 143 cm³/mol. The first kappa shape index (κ1) is 33.5. The van der Waals surface area contributed by atoms with Crippen LogP contribution in [-0.4, -0.2) is 84.0 Å². The molecule has 4 atom stereocenters. The van der Waals surface area contributed by atoms with E-state index in [-0.39, 0.29) is 30.1 Å². The number of imide groups is 1. The summed E-state index contributed by atoms with van der Waals surface area (Å²) in [7, 11) is 0. The van der Waals surface area contributed by atoms with Gasteiger partial charge >= 0.3 is 0 Å². The highest BCUT2D eigenvalue weighted by Crippen LogP contribution is 2.25. The molecule has 220 valence electrons. The van der Waals surface area contributed by atoms with Gasteiger partial charge in [0.15, 0.2) is 0 Å². The van der Waals surface area contributed by atoms with Gasteiger partial charge in [-0.2, -0.15) is 0 Å².